The summed E-state index contributed by atoms with van der Waals surface area (Å²) in [7, 11) is 1.81. The molecule has 0 fully saturated rings. The number of rotatable bonds is 1. The van der Waals surface area contributed by atoms with E-state index in [0.29, 0.717) is 5.69 Å². The van der Waals surface area contributed by atoms with E-state index in [0.717, 1.165) is 5.69 Å². The molecule has 2 N–H and O–H groups in total. The summed E-state index contributed by atoms with van der Waals surface area (Å²) in [5.74, 6) is -0.379. The molecule has 68 valence electrons. The fraction of sp³-hybridized carbons (Fsp3) is 0.444. The predicted octanol–water partition coefficient (Wildman–Crippen LogP) is 1.46. The molecule has 1 aromatic rings. The molecule has 3 heteroatoms. The summed E-state index contributed by atoms with van der Waals surface area (Å²) in [6, 6.07) is 3.58. The summed E-state index contributed by atoms with van der Waals surface area (Å²) >= 11 is 0. The third-order valence-corrected chi connectivity index (χ3v) is 1.63. The molecule has 0 bridgehead atoms. The molecule has 1 amide bonds. The van der Waals surface area contributed by atoms with Gasteiger partial charge >= 0.3 is 0 Å². The number of amides is 1. The van der Waals surface area contributed by atoms with E-state index in [1.54, 1.807) is 10.6 Å². The molecule has 0 saturated carbocycles. The number of carbonyl (C=O) groups excluding carboxylic acids is 1. The number of aryl methyl sites for hydroxylation is 1. The van der Waals surface area contributed by atoms with Gasteiger partial charge in [-0.2, -0.15) is 0 Å². The first-order valence-electron chi connectivity index (χ1n) is 4.05. The van der Waals surface area contributed by atoms with E-state index >= 15 is 0 Å². The molecule has 0 aliphatic rings. The quantitative estimate of drug-likeness (QED) is 0.678. The largest absolute Gasteiger partial charge is 0.364 e. The molecule has 12 heavy (non-hydrogen) atoms. The van der Waals surface area contributed by atoms with Crippen LogP contribution < -0.4 is 5.73 Å². The molecular weight excluding hydrogens is 152 g/mol. The zero-order chi connectivity index (χ0) is 9.72. The molecule has 0 saturated heterocycles. The van der Waals surface area contributed by atoms with E-state index in [1.807, 2.05) is 33.9 Å². The topological polar surface area (TPSA) is 48.0 Å². The van der Waals surface area contributed by atoms with Gasteiger partial charge in [0.1, 0.15) is 5.69 Å². The summed E-state index contributed by atoms with van der Waals surface area (Å²) in [4.78, 5) is 10.6. The third-order valence-electron chi connectivity index (χ3n) is 1.63. The average molecular weight is 168 g/mol. The second kappa shape index (κ2) is 4.59. The van der Waals surface area contributed by atoms with Crippen molar-refractivity contribution in [2.24, 2.45) is 12.8 Å². The van der Waals surface area contributed by atoms with Gasteiger partial charge in [-0.15, -0.1) is 0 Å². The predicted molar refractivity (Wildman–Crippen MR) is 50.0 cm³/mol. The number of primary amides is 1. The number of nitrogens with two attached hydrogens (primary N) is 1. The van der Waals surface area contributed by atoms with E-state index in [4.69, 9.17) is 5.73 Å². The van der Waals surface area contributed by atoms with Crippen LogP contribution in [0.2, 0.25) is 0 Å². The van der Waals surface area contributed by atoms with Crippen LogP contribution in [0.4, 0.5) is 0 Å². The Labute approximate surface area is 73.2 Å². The lowest BCUT2D eigenvalue weighted by molar-refractivity contribution is 0.0992. The van der Waals surface area contributed by atoms with Crippen molar-refractivity contribution in [3.63, 3.8) is 0 Å². The minimum atomic E-state index is -0.379. The van der Waals surface area contributed by atoms with Crippen LogP contribution in [0.5, 0.6) is 0 Å². The zero-order valence-corrected chi connectivity index (χ0v) is 8.09. The van der Waals surface area contributed by atoms with E-state index in [9.17, 15) is 4.79 Å². The van der Waals surface area contributed by atoms with Gasteiger partial charge in [-0.25, -0.2) is 0 Å². The summed E-state index contributed by atoms with van der Waals surface area (Å²) in [6.07, 6.45) is 0. The molecule has 0 spiro atoms. The van der Waals surface area contributed by atoms with Crippen molar-refractivity contribution in [1.82, 2.24) is 4.57 Å². The maximum Gasteiger partial charge on any atom is 0.265 e. The summed E-state index contributed by atoms with van der Waals surface area (Å²) in [5.41, 5.74) is 6.66. The van der Waals surface area contributed by atoms with Crippen LogP contribution in [0.1, 0.15) is 30.0 Å². The van der Waals surface area contributed by atoms with E-state index < -0.39 is 0 Å². The van der Waals surface area contributed by atoms with Crippen LogP contribution >= 0.6 is 0 Å². The van der Waals surface area contributed by atoms with Gasteiger partial charge in [0.2, 0.25) is 0 Å². The molecule has 0 aromatic carbocycles. The van der Waals surface area contributed by atoms with Crippen LogP contribution in [0.15, 0.2) is 12.1 Å². The highest BCUT2D eigenvalue weighted by atomic mass is 16.1. The molecule has 1 aromatic heterocycles. The Morgan fingerprint density at radius 2 is 1.92 bits per heavy atom. The van der Waals surface area contributed by atoms with Crippen LogP contribution in [-0.2, 0) is 7.05 Å². The molecule has 0 aliphatic heterocycles. The number of aromatic nitrogens is 1. The van der Waals surface area contributed by atoms with Crippen LogP contribution in [-0.4, -0.2) is 10.5 Å². The highest BCUT2D eigenvalue weighted by molar-refractivity contribution is 5.91. The Bertz CT molecular complexity index is 263. The Kier molecular flexibility index (Phi) is 4.11. The molecule has 3 nitrogen and oxygen atoms in total. The second-order valence-electron chi connectivity index (χ2n) is 2.28. The van der Waals surface area contributed by atoms with Crippen LogP contribution in [0, 0.1) is 6.92 Å². The van der Waals surface area contributed by atoms with Gasteiger partial charge in [0, 0.05) is 12.7 Å². The first-order chi connectivity index (χ1) is 5.63. The van der Waals surface area contributed by atoms with Crippen molar-refractivity contribution in [2.45, 2.75) is 20.8 Å². The van der Waals surface area contributed by atoms with Gasteiger partial charge in [-0.1, -0.05) is 13.8 Å². The van der Waals surface area contributed by atoms with Crippen LogP contribution in [0.3, 0.4) is 0 Å². The van der Waals surface area contributed by atoms with Crippen molar-refractivity contribution < 1.29 is 4.79 Å². The maximum atomic E-state index is 10.6. The fourth-order valence-corrected chi connectivity index (χ4v) is 0.861. The van der Waals surface area contributed by atoms with Crippen molar-refractivity contribution in [3.8, 4) is 0 Å². The SMILES string of the molecule is CC.Cc1ccc(C(N)=O)n1C. The van der Waals surface area contributed by atoms with E-state index in [-0.39, 0.29) is 5.91 Å². The lowest BCUT2D eigenvalue weighted by atomic mass is 10.4. The molecular formula is C9H16N2O. The Hall–Kier alpha value is -1.25. The first-order valence-corrected chi connectivity index (χ1v) is 4.05. The molecule has 0 atom stereocenters. The van der Waals surface area contributed by atoms with Gasteiger partial charge < -0.3 is 10.3 Å². The maximum absolute atomic E-state index is 10.6. The standard InChI is InChI=1S/C7H10N2O.C2H6/c1-5-3-4-6(7(8)10)9(5)2;1-2/h3-4H,1-2H3,(H2,8,10);1-2H3. The molecule has 0 radical (unpaired) electrons. The van der Waals surface area contributed by atoms with Crippen molar-refractivity contribution in [1.29, 1.82) is 0 Å². The lowest BCUT2D eigenvalue weighted by Crippen LogP contribution is -2.15. The Morgan fingerprint density at radius 1 is 1.42 bits per heavy atom. The Morgan fingerprint density at radius 3 is 2.08 bits per heavy atom. The first kappa shape index (κ1) is 10.8. The summed E-state index contributed by atoms with van der Waals surface area (Å²) in [5, 5.41) is 0. The van der Waals surface area contributed by atoms with E-state index in [2.05, 4.69) is 0 Å². The van der Waals surface area contributed by atoms with Crippen molar-refractivity contribution in [2.75, 3.05) is 0 Å². The minimum Gasteiger partial charge on any atom is -0.364 e. The number of hydrogen-bond donors (Lipinski definition) is 1. The average Bonchev–Trinajstić information content (AvgIpc) is 2.37. The molecule has 1 rings (SSSR count). The van der Waals surface area contributed by atoms with Gasteiger partial charge in [-0.05, 0) is 19.1 Å². The molecule has 0 aliphatic carbocycles. The van der Waals surface area contributed by atoms with Gasteiger partial charge in [0.15, 0.2) is 0 Å². The van der Waals surface area contributed by atoms with Crippen molar-refractivity contribution >= 4 is 5.91 Å². The molecule has 1 heterocycles. The minimum absolute atomic E-state index is 0.379. The van der Waals surface area contributed by atoms with Gasteiger partial charge in [0.25, 0.3) is 5.91 Å². The number of hydrogen-bond acceptors (Lipinski definition) is 1. The van der Waals surface area contributed by atoms with E-state index in [1.165, 1.54) is 0 Å². The highest BCUT2D eigenvalue weighted by Crippen LogP contribution is 2.03. The monoisotopic (exact) mass is 168 g/mol. The lowest BCUT2D eigenvalue weighted by Gasteiger charge is -1.98. The summed E-state index contributed by atoms with van der Waals surface area (Å²) in [6.45, 7) is 5.92. The smallest absolute Gasteiger partial charge is 0.265 e. The van der Waals surface area contributed by atoms with Crippen molar-refractivity contribution in [3.05, 3.63) is 23.5 Å². The zero-order valence-electron chi connectivity index (χ0n) is 8.09. The molecule has 0 unspecified atom stereocenters. The summed E-state index contributed by atoms with van der Waals surface area (Å²) < 4.78 is 1.77. The Balaban J connectivity index is 0.000000561. The highest BCUT2D eigenvalue weighted by Gasteiger charge is 2.04. The fourth-order valence-electron chi connectivity index (χ4n) is 0.861. The van der Waals surface area contributed by atoms with Crippen LogP contribution in [0.25, 0.3) is 0 Å². The second-order valence-corrected chi connectivity index (χ2v) is 2.28. The number of nitrogens with zero attached hydrogens (tertiary/aromatic N) is 1. The third kappa shape index (κ3) is 2.12. The van der Waals surface area contributed by atoms with Gasteiger partial charge in [-0.3, -0.25) is 4.79 Å². The normalized spacial score (nSPS) is 8.67. The number of carbonyl (C=O) groups is 1. The van der Waals surface area contributed by atoms with Gasteiger partial charge in [0.05, 0.1) is 0 Å².